The minimum absolute atomic E-state index is 0.0836. The van der Waals surface area contributed by atoms with Gasteiger partial charge >= 0.3 is 0 Å². The van der Waals surface area contributed by atoms with E-state index in [0.29, 0.717) is 11.1 Å². The summed E-state index contributed by atoms with van der Waals surface area (Å²) in [6, 6.07) is 7.31. The van der Waals surface area contributed by atoms with Gasteiger partial charge in [-0.25, -0.2) is 0 Å². The summed E-state index contributed by atoms with van der Waals surface area (Å²) in [5, 5.41) is 0. The second-order valence-corrected chi connectivity index (χ2v) is 5.75. The molecule has 3 aliphatic rings. The highest BCUT2D eigenvalue weighted by atomic mass is 16.2. The van der Waals surface area contributed by atoms with Gasteiger partial charge in [-0.15, -0.1) is 0 Å². The average Bonchev–Trinajstić information content (AvgIpc) is 3.12. The molecule has 2 saturated carbocycles. The van der Waals surface area contributed by atoms with Gasteiger partial charge in [-0.1, -0.05) is 12.1 Å². The van der Waals surface area contributed by atoms with E-state index in [-0.39, 0.29) is 17.9 Å². The molecule has 1 heterocycles. The molecule has 2 aliphatic carbocycles. The molecule has 0 aromatic heterocycles. The Balaban J connectivity index is 1.67. The topological polar surface area (TPSA) is 37.4 Å². The van der Waals surface area contributed by atoms with Crippen LogP contribution in [-0.2, 0) is 0 Å². The van der Waals surface area contributed by atoms with Crippen LogP contribution in [0, 0.1) is 11.8 Å². The van der Waals surface area contributed by atoms with Crippen LogP contribution in [0.15, 0.2) is 24.3 Å². The summed E-state index contributed by atoms with van der Waals surface area (Å²) in [4.78, 5) is 26.2. The molecule has 0 saturated heterocycles. The predicted molar refractivity (Wildman–Crippen MR) is 66.2 cm³/mol. The van der Waals surface area contributed by atoms with Gasteiger partial charge in [0, 0.05) is 6.04 Å². The van der Waals surface area contributed by atoms with Crippen LogP contribution >= 0.6 is 0 Å². The van der Waals surface area contributed by atoms with Crippen LogP contribution in [0.25, 0.3) is 0 Å². The number of carbonyl (C=O) groups is 2. The van der Waals surface area contributed by atoms with Crippen molar-refractivity contribution < 1.29 is 9.59 Å². The van der Waals surface area contributed by atoms with E-state index in [2.05, 4.69) is 0 Å². The van der Waals surface area contributed by atoms with E-state index in [0.717, 1.165) is 24.7 Å². The van der Waals surface area contributed by atoms with Crippen LogP contribution in [0.1, 0.15) is 46.4 Å². The first-order valence-corrected chi connectivity index (χ1v) is 6.72. The molecule has 18 heavy (non-hydrogen) atoms. The van der Waals surface area contributed by atoms with Crippen LogP contribution < -0.4 is 0 Å². The predicted octanol–water partition coefficient (Wildman–Crippen LogP) is 2.47. The van der Waals surface area contributed by atoms with Crippen molar-refractivity contribution in [3.05, 3.63) is 35.4 Å². The Bertz CT molecular complexity index is 516. The lowest BCUT2D eigenvalue weighted by atomic mass is 9.94. The van der Waals surface area contributed by atoms with Crippen molar-refractivity contribution in [3.8, 4) is 0 Å². The zero-order chi connectivity index (χ0) is 12.3. The summed E-state index contributed by atoms with van der Waals surface area (Å²) in [5.74, 6) is 1.49. The van der Waals surface area contributed by atoms with E-state index in [1.807, 2.05) is 12.1 Å². The standard InChI is InChI=1S/C15H15NO2/c17-14-12-3-1-2-4-13(12)15(18)16(14)11-6-5-9-7-10(9)8-11/h1-4,9-11H,5-8H2. The number of carbonyl (C=O) groups excluding carboxylic acids is 2. The van der Waals surface area contributed by atoms with Crippen molar-refractivity contribution in [2.75, 3.05) is 0 Å². The van der Waals surface area contributed by atoms with E-state index in [1.165, 1.54) is 17.7 Å². The fourth-order valence-electron chi connectivity index (χ4n) is 3.60. The Morgan fingerprint density at radius 1 is 0.889 bits per heavy atom. The fraction of sp³-hybridized carbons (Fsp3) is 0.467. The fourth-order valence-corrected chi connectivity index (χ4v) is 3.60. The molecular formula is C15H15NO2. The molecule has 3 heteroatoms. The lowest BCUT2D eigenvalue weighted by molar-refractivity contribution is 0.0544. The van der Waals surface area contributed by atoms with Crippen molar-refractivity contribution in [1.82, 2.24) is 4.90 Å². The maximum absolute atomic E-state index is 12.3. The van der Waals surface area contributed by atoms with E-state index >= 15 is 0 Å². The number of hydrogen-bond donors (Lipinski definition) is 0. The Hall–Kier alpha value is -1.64. The molecule has 0 bridgehead atoms. The van der Waals surface area contributed by atoms with Crippen molar-refractivity contribution in [2.24, 2.45) is 11.8 Å². The van der Waals surface area contributed by atoms with Gasteiger partial charge < -0.3 is 0 Å². The van der Waals surface area contributed by atoms with Crippen molar-refractivity contribution in [3.63, 3.8) is 0 Å². The number of hydrogen-bond acceptors (Lipinski definition) is 2. The highest BCUT2D eigenvalue weighted by Gasteiger charge is 2.47. The first-order valence-electron chi connectivity index (χ1n) is 6.72. The smallest absolute Gasteiger partial charge is 0.261 e. The number of rotatable bonds is 1. The molecule has 4 rings (SSSR count). The molecule has 1 aromatic rings. The summed E-state index contributed by atoms with van der Waals surface area (Å²) in [6.45, 7) is 0. The third-order valence-corrected chi connectivity index (χ3v) is 4.71. The minimum Gasteiger partial charge on any atom is -0.271 e. The van der Waals surface area contributed by atoms with Gasteiger partial charge in [0.25, 0.3) is 11.8 Å². The average molecular weight is 241 g/mol. The van der Waals surface area contributed by atoms with E-state index in [4.69, 9.17) is 0 Å². The molecule has 92 valence electrons. The first-order chi connectivity index (χ1) is 8.75. The monoisotopic (exact) mass is 241 g/mol. The number of nitrogens with zero attached hydrogens (tertiary/aromatic N) is 1. The molecule has 0 spiro atoms. The highest BCUT2D eigenvalue weighted by molar-refractivity contribution is 6.21. The lowest BCUT2D eigenvalue weighted by Gasteiger charge is -2.29. The van der Waals surface area contributed by atoms with Crippen LogP contribution in [0.5, 0.6) is 0 Å². The van der Waals surface area contributed by atoms with Gasteiger partial charge in [0.1, 0.15) is 0 Å². The van der Waals surface area contributed by atoms with Crippen molar-refractivity contribution in [2.45, 2.75) is 31.7 Å². The van der Waals surface area contributed by atoms with Gasteiger partial charge in [-0.2, -0.15) is 0 Å². The SMILES string of the molecule is O=C1c2ccccc2C(=O)N1C1CCC2CC2C1. The Morgan fingerprint density at radius 2 is 1.56 bits per heavy atom. The van der Waals surface area contributed by atoms with E-state index < -0.39 is 0 Å². The highest BCUT2D eigenvalue weighted by Crippen LogP contribution is 2.51. The maximum Gasteiger partial charge on any atom is 0.261 e. The Kier molecular flexibility index (Phi) is 1.97. The van der Waals surface area contributed by atoms with Crippen molar-refractivity contribution in [1.29, 1.82) is 0 Å². The number of amides is 2. The zero-order valence-electron chi connectivity index (χ0n) is 10.1. The van der Waals surface area contributed by atoms with Crippen molar-refractivity contribution >= 4 is 11.8 Å². The molecule has 3 nitrogen and oxygen atoms in total. The summed E-state index contributed by atoms with van der Waals surface area (Å²) in [7, 11) is 0. The molecule has 1 aliphatic heterocycles. The van der Waals surface area contributed by atoms with Gasteiger partial charge in [0.2, 0.25) is 0 Å². The molecule has 0 N–H and O–H groups in total. The van der Waals surface area contributed by atoms with Crippen LogP contribution in [0.3, 0.4) is 0 Å². The molecular weight excluding hydrogens is 226 g/mol. The normalized spacial score (nSPS) is 33.3. The van der Waals surface area contributed by atoms with E-state index in [1.54, 1.807) is 12.1 Å². The van der Waals surface area contributed by atoms with Gasteiger partial charge in [0.05, 0.1) is 11.1 Å². The quantitative estimate of drug-likeness (QED) is 0.708. The van der Waals surface area contributed by atoms with Crippen LogP contribution in [0.4, 0.5) is 0 Å². The van der Waals surface area contributed by atoms with E-state index in [9.17, 15) is 9.59 Å². The summed E-state index contributed by atoms with van der Waals surface area (Å²) in [5.41, 5.74) is 1.17. The number of imide groups is 1. The largest absolute Gasteiger partial charge is 0.271 e. The molecule has 2 amide bonds. The maximum atomic E-state index is 12.3. The summed E-state index contributed by atoms with van der Waals surface area (Å²) in [6.07, 6.45) is 4.51. The summed E-state index contributed by atoms with van der Waals surface area (Å²) >= 11 is 0. The minimum atomic E-state index is -0.0836. The third-order valence-electron chi connectivity index (χ3n) is 4.71. The van der Waals surface area contributed by atoms with Crippen LogP contribution in [-0.4, -0.2) is 22.8 Å². The molecule has 3 atom stereocenters. The first kappa shape index (κ1) is 10.3. The molecule has 3 unspecified atom stereocenters. The third kappa shape index (κ3) is 1.30. The second kappa shape index (κ2) is 3.44. The number of benzene rings is 1. The number of fused-ring (bicyclic) bond motifs is 2. The van der Waals surface area contributed by atoms with Gasteiger partial charge in [-0.05, 0) is 49.7 Å². The van der Waals surface area contributed by atoms with Gasteiger partial charge in [0.15, 0.2) is 0 Å². The second-order valence-electron chi connectivity index (χ2n) is 5.75. The van der Waals surface area contributed by atoms with Gasteiger partial charge in [-0.3, -0.25) is 14.5 Å². The Morgan fingerprint density at radius 3 is 2.17 bits per heavy atom. The molecule has 0 radical (unpaired) electrons. The molecule has 2 fully saturated rings. The molecule has 1 aromatic carbocycles. The Labute approximate surface area is 106 Å². The zero-order valence-corrected chi connectivity index (χ0v) is 10.1. The lowest BCUT2D eigenvalue weighted by Crippen LogP contribution is -2.41. The summed E-state index contributed by atoms with van der Waals surface area (Å²) < 4.78 is 0. The van der Waals surface area contributed by atoms with Crippen LogP contribution in [0.2, 0.25) is 0 Å².